The van der Waals surface area contributed by atoms with Crippen LogP contribution in [0.25, 0.3) is 20.4 Å². The molecule has 1 N–H and O–H groups in total. The van der Waals surface area contributed by atoms with Gasteiger partial charge in [-0.3, -0.25) is 9.78 Å². The van der Waals surface area contributed by atoms with Gasteiger partial charge in [0.25, 0.3) is 5.56 Å². The molecule has 0 amide bonds. The number of aromatic nitrogens is 3. The van der Waals surface area contributed by atoms with Gasteiger partial charge in [-0.1, -0.05) is 0 Å². The van der Waals surface area contributed by atoms with E-state index < -0.39 is 5.97 Å². The molecule has 0 aromatic carbocycles. The minimum atomic E-state index is -0.631. The molecular weight excluding hydrogens is 290 g/mol. The van der Waals surface area contributed by atoms with Gasteiger partial charge in [-0.15, -0.1) is 11.3 Å². The maximum atomic E-state index is 12.2. The fraction of sp³-hybridized carbons (Fsp3) is 0.286. The van der Waals surface area contributed by atoms with Crippen LogP contribution in [0.3, 0.4) is 0 Å². The Hall–Kier alpha value is -2.28. The molecule has 21 heavy (non-hydrogen) atoms. The lowest BCUT2D eigenvalue weighted by Gasteiger charge is -2.01. The largest absolute Gasteiger partial charge is 0.460 e. The van der Waals surface area contributed by atoms with Crippen LogP contribution in [0.15, 0.2) is 10.9 Å². The number of thiophene rings is 1. The van der Waals surface area contributed by atoms with Crippen LogP contribution < -0.4 is 5.56 Å². The number of hydrogen-bond donors (Lipinski definition) is 1. The highest BCUT2D eigenvalue weighted by atomic mass is 32.1. The molecule has 6 nitrogen and oxygen atoms in total. The molecule has 0 fully saturated rings. The lowest BCUT2D eigenvalue weighted by Crippen LogP contribution is -2.16. The standard InChI is InChI=1S/C14H13N3O3S/c1-4-20-14(19)11-16-9-8-6(2)5-7(3)15-13(8)21-10(9)12(18)17-11/h5H,4H2,1-3H3,(H,16,17,18). The van der Waals surface area contributed by atoms with Gasteiger partial charge in [0, 0.05) is 11.1 Å². The molecule has 3 aromatic rings. The molecule has 3 rings (SSSR count). The first-order valence-corrected chi connectivity index (χ1v) is 7.30. The van der Waals surface area contributed by atoms with Gasteiger partial charge in [-0.2, -0.15) is 0 Å². The number of nitrogens with one attached hydrogen (secondary N) is 1. The molecule has 0 aliphatic carbocycles. The number of H-pyrrole nitrogens is 1. The molecule has 0 radical (unpaired) electrons. The van der Waals surface area contributed by atoms with Crippen LogP contribution in [0.5, 0.6) is 0 Å². The second-order valence-electron chi connectivity index (χ2n) is 4.68. The molecule has 0 saturated carbocycles. The van der Waals surface area contributed by atoms with Crippen LogP contribution >= 0.6 is 11.3 Å². The topological polar surface area (TPSA) is 84.9 Å². The van der Waals surface area contributed by atoms with E-state index in [0.29, 0.717) is 10.2 Å². The van der Waals surface area contributed by atoms with Gasteiger partial charge in [0.2, 0.25) is 5.82 Å². The third-order valence-corrected chi connectivity index (χ3v) is 4.16. The van der Waals surface area contributed by atoms with E-state index in [4.69, 9.17) is 4.74 Å². The summed E-state index contributed by atoms with van der Waals surface area (Å²) < 4.78 is 5.36. The van der Waals surface area contributed by atoms with Crippen molar-refractivity contribution in [3.63, 3.8) is 0 Å². The van der Waals surface area contributed by atoms with Crippen LogP contribution in [0.4, 0.5) is 0 Å². The fourth-order valence-electron chi connectivity index (χ4n) is 2.28. The van der Waals surface area contributed by atoms with Crippen LogP contribution in [0, 0.1) is 13.8 Å². The number of hydrogen-bond acceptors (Lipinski definition) is 6. The third-order valence-electron chi connectivity index (χ3n) is 3.09. The van der Waals surface area contributed by atoms with Gasteiger partial charge in [0.05, 0.1) is 12.1 Å². The highest BCUT2D eigenvalue weighted by Crippen LogP contribution is 2.31. The summed E-state index contributed by atoms with van der Waals surface area (Å²) in [4.78, 5) is 35.9. The second kappa shape index (κ2) is 4.92. The fourth-order valence-corrected chi connectivity index (χ4v) is 3.41. The zero-order chi connectivity index (χ0) is 15.1. The Morgan fingerprint density at radius 2 is 2.14 bits per heavy atom. The van der Waals surface area contributed by atoms with Crippen LogP contribution in [0.2, 0.25) is 0 Å². The van der Waals surface area contributed by atoms with Crippen molar-refractivity contribution in [3.05, 3.63) is 33.5 Å². The van der Waals surface area contributed by atoms with E-state index in [1.165, 1.54) is 11.3 Å². The van der Waals surface area contributed by atoms with Crippen molar-refractivity contribution in [2.75, 3.05) is 6.61 Å². The predicted molar refractivity (Wildman–Crippen MR) is 81.0 cm³/mol. The number of ether oxygens (including phenoxy) is 1. The van der Waals surface area contributed by atoms with E-state index in [2.05, 4.69) is 15.0 Å². The Bertz CT molecular complexity index is 926. The average Bonchev–Trinajstić information content (AvgIpc) is 2.77. The monoisotopic (exact) mass is 303 g/mol. The first-order chi connectivity index (χ1) is 10.0. The van der Waals surface area contributed by atoms with Crippen molar-refractivity contribution >= 4 is 37.7 Å². The molecule has 7 heteroatoms. The van der Waals surface area contributed by atoms with E-state index in [-0.39, 0.29) is 18.0 Å². The van der Waals surface area contributed by atoms with Crippen LogP contribution in [-0.2, 0) is 4.74 Å². The number of esters is 1. The van der Waals surface area contributed by atoms with Crippen molar-refractivity contribution in [2.24, 2.45) is 0 Å². The third kappa shape index (κ3) is 2.19. The van der Waals surface area contributed by atoms with Gasteiger partial charge >= 0.3 is 5.97 Å². The normalized spacial score (nSPS) is 11.2. The van der Waals surface area contributed by atoms with E-state index in [1.807, 2.05) is 19.9 Å². The van der Waals surface area contributed by atoms with Crippen molar-refractivity contribution in [2.45, 2.75) is 20.8 Å². The summed E-state index contributed by atoms with van der Waals surface area (Å²) in [7, 11) is 0. The molecule has 0 bridgehead atoms. The van der Waals surface area contributed by atoms with Crippen molar-refractivity contribution in [3.8, 4) is 0 Å². The molecule has 0 aliphatic rings. The maximum absolute atomic E-state index is 12.2. The molecule has 3 aromatic heterocycles. The molecule has 108 valence electrons. The molecule has 0 spiro atoms. The quantitative estimate of drug-likeness (QED) is 0.734. The van der Waals surface area contributed by atoms with Gasteiger partial charge in [0.1, 0.15) is 9.53 Å². The van der Waals surface area contributed by atoms with Crippen LogP contribution in [0.1, 0.15) is 28.8 Å². The van der Waals surface area contributed by atoms with Gasteiger partial charge < -0.3 is 4.74 Å². The summed E-state index contributed by atoms with van der Waals surface area (Å²) >= 11 is 1.28. The highest BCUT2D eigenvalue weighted by molar-refractivity contribution is 7.25. The summed E-state index contributed by atoms with van der Waals surface area (Å²) in [6.45, 7) is 5.77. The number of fused-ring (bicyclic) bond motifs is 3. The van der Waals surface area contributed by atoms with Crippen LogP contribution in [-0.4, -0.2) is 27.5 Å². The average molecular weight is 303 g/mol. The SMILES string of the molecule is CCOC(=O)c1nc2c(sc3nc(C)cc(C)c32)c(=O)[nH]1. The minimum Gasteiger partial charge on any atom is -0.460 e. The number of nitrogens with zero attached hydrogens (tertiary/aromatic N) is 2. The summed E-state index contributed by atoms with van der Waals surface area (Å²) in [6.07, 6.45) is 0. The number of rotatable bonds is 2. The summed E-state index contributed by atoms with van der Waals surface area (Å²) in [6, 6.07) is 1.93. The first kappa shape index (κ1) is 13.7. The lowest BCUT2D eigenvalue weighted by molar-refractivity contribution is 0.0512. The summed E-state index contributed by atoms with van der Waals surface area (Å²) in [5.74, 6) is -0.706. The smallest absolute Gasteiger partial charge is 0.374 e. The van der Waals surface area contributed by atoms with E-state index in [0.717, 1.165) is 21.5 Å². The number of carbonyl (C=O) groups is 1. The van der Waals surface area contributed by atoms with E-state index in [9.17, 15) is 9.59 Å². The second-order valence-corrected chi connectivity index (χ2v) is 5.67. The molecule has 3 heterocycles. The Morgan fingerprint density at radius 3 is 2.86 bits per heavy atom. The molecule has 0 saturated heterocycles. The highest BCUT2D eigenvalue weighted by Gasteiger charge is 2.18. The Kier molecular flexibility index (Phi) is 3.21. The molecule has 0 atom stereocenters. The minimum absolute atomic E-state index is 0.0750. The zero-order valence-corrected chi connectivity index (χ0v) is 12.6. The van der Waals surface area contributed by atoms with Gasteiger partial charge in [-0.05, 0) is 32.4 Å². The lowest BCUT2D eigenvalue weighted by atomic mass is 10.1. The zero-order valence-electron chi connectivity index (χ0n) is 11.8. The van der Waals surface area contributed by atoms with Gasteiger partial charge in [0.15, 0.2) is 0 Å². The Labute approximate surface area is 123 Å². The summed E-state index contributed by atoms with van der Waals surface area (Å²) in [5, 5.41) is 0.817. The number of aromatic amines is 1. The maximum Gasteiger partial charge on any atom is 0.374 e. The van der Waals surface area contributed by atoms with E-state index in [1.54, 1.807) is 6.92 Å². The molecular formula is C14H13N3O3S. The first-order valence-electron chi connectivity index (χ1n) is 6.49. The van der Waals surface area contributed by atoms with Gasteiger partial charge in [-0.25, -0.2) is 14.8 Å². The number of pyridine rings is 1. The van der Waals surface area contributed by atoms with Crippen molar-refractivity contribution in [1.82, 2.24) is 15.0 Å². The van der Waals surface area contributed by atoms with E-state index >= 15 is 0 Å². The number of carbonyl (C=O) groups excluding carboxylic acids is 1. The summed E-state index contributed by atoms with van der Waals surface area (Å²) in [5.41, 5.74) is 2.03. The number of aryl methyl sites for hydroxylation is 2. The van der Waals surface area contributed by atoms with Crippen molar-refractivity contribution < 1.29 is 9.53 Å². The van der Waals surface area contributed by atoms with Crippen molar-refractivity contribution in [1.29, 1.82) is 0 Å². The molecule has 0 unspecified atom stereocenters. The predicted octanol–water partition coefficient (Wildman–Crippen LogP) is 2.33. The molecule has 0 aliphatic heterocycles. The Morgan fingerprint density at radius 1 is 1.38 bits per heavy atom. The Balaban J connectivity index is 2.37.